The molecule has 3 heteroatoms. The summed E-state index contributed by atoms with van der Waals surface area (Å²) in [4.78, 5) is 15.6. The van der Waals surface area contributed by atoms with Crippen LogP contribution in [0.5, 0.6) is 0 Å². The fourth-order valence-corrected chi connectivity index (χ4v) is 3.58. The molecule has 1 saturated carbocycles. The predicted molar refractivity (Wildman–Crippen MR) is 81.4 cm³/mol. The second kappa shape index (κ2) is 7.59. The number of carbonyl (C=O) groups excluding carboxylic acids is 1. The Labute approximate surface area is 120 Å². The molecule has 2 nitrogen and oxygen atoms in total. The molecule has 1 aromatic rings. The van der Waals surface area contributed by atoms with E-state index in [2.05, 4.69) is 24.0 Å². The molecule has 1 aliphatic rings. The van der Waals surface area contributed by atoms with Crippen LogP contribution in [0.15, 0.2) is 35.2 Å². The normalized spacial score (nSPS) is 16.3. The highest BCUT2D eigenvalue weighted by atomic mass is 32.2. The maximum absolute atomic E-state index is 12.4. The summed E-state index contributed by atoms with van der Waals surface area (Å²) in [5.74, 6) is 0.859. The molecule has 1 aliphatic carbocycles. The first-order valence-electron chi connectivity index (χ1n) is 7.28. The van der Waals surface area contributed by atoms with Crippen LogP contribution in [0.3, 0.4) is 0 Å². The zero-order valence-corrected chi connectivity index (χ0v) is 12.5. The maximum Gasteiger partial charge on any atom is 0.233 e. The molecule has 0 atom stereocenters. The van der Waals surface area contributed by atoms with Crippen molar-refractivity contribution in [2.45, 2.75) is 50.0 Å². The minimum absolute atomic E-state index is 0.295. The standard InChI is InChI=1S/C16H23NOS/c1-2-17(14-9-5-3-6-10-14)16(18)13-19-15-11-7-4-8-12-15/h4,7-8,11-12,14H,2-3,5-6,9-10,13H2,1H3. The van der Waals surface area contributed by atoms with Crippen molar-refractivity contribution in [3.8, 4) is 0 Å². The SMILES string of the molecule is CCN(C(=O)CSc1ccccc1)C1CCCCC1. The number of carbonyl (C=O) groups is 1. The van der Waals surface area contributed by atoms with Crippen molar-refractivity contribution in [2.75, 3.05) is 12.3 Å². The van der Waals surface area contributed by atoms with Crippen LogP contribution >= 0.6 is 11.8 Å². The Morgan fingerprint density at radius 3 is 2.53 bits per heavy atom. The summed E-state index contributed by atoms with van der Waals surface area (Å²) in [5, 5.41) is 0. The highest BCUT2D eigenvalue weighted by molar-refractivity contribution is 8.00. The van der Waals surface area contributed by atoms with E-state index < -0.39 is 0 Å². The van der Waals surface area contributed by atoms with E-state index in [4.69, 9.17) is 0 Å². The molecular weight excluding hydrogens is 254 g/mol. The fraction of sp³-hybridized carbons (Fsp3) is 0.562. The number of rotatable bonds is 5. The van der Waals surface area contributed by atoms with Gasteiger partial charge in [-0.3, -0.25) is 4.79 Å². The maximum atomic E-state index is 12.4. The van der Waals surface area contributed by atoms with Gasteiger partial charge in [0.25, 0.3) is 0 Å². The minimum atomic E-state index is 0.295. The fourth-order valence-electron chi connectivity index (χ4n) is 2.78. The van der Waals surface area contributed by atoms with Crippen molar-refractivity contribution >= 4 is 17.7 Å². The molecule has 0 aliphatic heterocycles. The molecule has 0 bridgehead atoms. The lowest BCUT2D eigenvalue weighted by atomic mass is 9.94. The summed E-state index contributed by atoms with van der Waals surface area (Å²) >= 11 is 1.65. The number of hydrogen-bond donors (Lipinski definition) is 0. The highest BCUT2D eigenvalue weighted by Crippen LogP contribution is 2.24. The molecule has 0 saturated heterocycles. The Morgan fingerprint density at radius 1 is 1.21 bits per heavy atom. The van der Waals surface area contributed by atoms with Crippen molar-refractivity contribution < 1.29 is 4.79 Å². The van der Waals surface area contributed by atoms with Crippen LogP contribution in [-0.4, -0.2) is 29.1 Å². The molecule has 1 aromatic carbocycles. The monoisotopic (exact) mass is 277 g/mol. The van der Waals surface area contributed by atoms with Gasteiger partial charge >= 0.3 is 0 Å². The molecule has 0 aromatic heterocycles. The number of hydrogen-bond acceptors (Lipinski definition) is 2. The molecule has 1 amide bonds. The Morgan fingerprint density at radius 2 is 1.89 bits per heavy atom. The molecule has 104 valence electrons. The first kappa shape index (κ1) is 14.4. The average molecular weight is 277 g/mol. The van der Waals surface area contributed by atoms with E-state index in [0.29, 0.717) is 17.7 Å². The lowest BCUT2D eigenvalue weighted by Crippen LogP contribution is -2.42. The van der Waals surface area contributed by atoms with E-state index in [1.54, 1.807) is 11.8 Å². The van der Waals surface area contributed by atoms with Crippen LogP contribution in [0.2, 0.25) is 0 Å². The summed E-state index contributed by atoms with van der Waals surface area (Å²) in [7, 11) is 0. The molecule has 19 heavy (non-hydrogen) atoms. The lowest BCUT2D eigenvalue weighted by molar-refractivity contribution is -0.131. The molecule has 0 spiro atoms. The van der Waals surface area contributed by atoms with E-state index in [1.807, 2.05) is 18.2 Å². The first-order chi connectivity index (χ1) is 9.31. The van der Waals surface area contributed by atoms with Crippen molar-refractivity contribution in [2.24, 2.45) is 0 Å². The van der Waals surface area contributed by atoms with Gasteiger partial charge < -0.3 is 4.90 Å². The highest BCUT2D eigenvalue weighted by Gasteiger charge is 2.23. The van der Waals surface area contributed by atoms with Gasteiger partial charge in [0.15, 0.2) is 0 Å². The summed E-state index contributed by atoms with van der Waals surface area (Å²) < 4.78 is 0. The van der Waals surface area contributed by atoms with Gasteiger partial charge in [-0.15, -0.1) is 11.8 Å². The van der Waals surface area contributed by atoms with Gasteiger partial charge in [-0.1, -0.05) is 37.5 Å². The topological polar surface area (TPSA) is 20.3 Å². The second-order valence-corrected chi connectivity index (χ2v) is 6.12. The van der Waals surface area contributed by atoms with Gasteiger partial charge in [-0.05, 0) is 31.9 Å². The number of benzene rings is 1. The van der Waals surface area contributed by atoms with Crippen molar-refractivity contribution in [1.29, 1.82) is 0 Å². The summed E-state index contributed by atoms with van der Waals surface area (Å²) in [6, 6.07) is 10.7. The van der Waals surface area contributed by atoms with Crippen molar-refractivity contribution in [1.82, 2.24) is 4.90 Å². The van der Waals surface area contributed by atoms with Gasteiger partial charge in [-0.25, -0.2) is 0 Å². The number of thioether (sulfide) groups is 1. The zero-order chi connectivity index (χ0) is 13.5. The van der Waals surface area contributed by atoms with E-state index >= 15 is 0 Å². The summed E-state index contributed by atoms with van der Waals surface area (Å²) in [6.45, 7) is 2.94. The van der Waals surface area contributed by atoms with Crippen molar-refractivity contribution in [3.05, 3.63) is 30.3 Å². The smallest absolute Gasteiger partial charge is 0.233 e. The first-order valence-corrected chi connectivity index (χ1v) is 8.27. The summed E-state index contributed by atoms with van der Waals surface area (Å²) in [5.41, 5.74) is 0. The molecule has 0 unspecified atom stereocenters. The quantitative estimate of drug-likeness (QED) is 0.759. The van der Waals surface area contributed by atoms with Gasteiger partial charge in [0, 0.05) is 17.5 Å². The largest absolute Gasteiger partial charge is 0.339 e. The number of amides is 1. The van der Waals surface area contributed by atoms with E-state index in [1.165, 1.54) is 37.0 Å². The third kappa shape index (κ3) is 4.27. The Balaban J connectivity index is 1.86. The molecule has 1 fully saturated rings. The lowest BCUT2D eigenvalue weighted by Gasteiger charge is -2.33. The number of nitrogens with zero attached hydrogens (tertiary/aromatic N) is 1. The van der Waals surface area contributed by atoms with Crippen LogP contribution in [0.4, 0.5) is 0 Å². The van der Waals surface area contributed by atoms with Crippen molar-refractivity contribution in [3.63, 3.8) is 0 Å². The molecule has 0 heterocycles. The van der Waals surface area contributed by atoms with Gasteiger partial charge in [0.1, 0.15) is 0 Å². The second-order valence-electron chi connectivity index (χ2n) is 5.07. The van der Waals surface area contributed by atoms with Crippen LogP contribution < -0.4 is 0 Å². The van der Waals surface area contributed by atoms with Gasteiger partial charge in [0.2, 0.25) is 5.91 Å². The van der Waals surface area contributed by atoms with Crippen LogP contribution in [0.25, 0.3) is 0 Å². The van der Waals surface area contributed by atoms with Crippen LogP contribution in [0.1, 0.15) is 39.0 Å². The van der Waals surface area contributed by atoms with Gasteiger partial charge in [-0.2, -0.15) is 0 Å². The molecular formula is C16H23NOS. The van der Waals surface area contributed by atoms with E-state index in [-0.39, 0.29) is 0 Å². The molecule has 2 rings (SSSR count). The Bertz CT molecular complexity index is 387. The Kier molecular flexibility index (Phi) is 5.77. The molecule has 0 radical (unpaired) electrons. The average Bonchev–Trinajstić information content (AvgIpc) is 2.48. The predicted octanol–water partition coefficient (Wildman–Crippen LogP) is 3.96. The van der Waals surface area contributed by atoms with E-state index in [0.717, 1.165) is 6.54 Å². The third-order valence-electron chi connectivity index (χ3n) is 3.78. The zero-order valence-electron chi connectivity index (χ0n) is 11.7. The van der Waals surface area contributed by atoms with Gasteiger partial charge in [0.05, 0.1) is 5.75 Å². The van der Waals surface area contributed by atoms with E-state index in [9.17, 15) is 4.79 Å². The third-order valence-corrected chi connectivity index (χ3v) is 4.78. The summed E-state index contributed by atoms with van der Waals surface area (Å²) in [6.07, 6.45) is 6.27. The van der Waals surface area contributed by atoms with Crippen LogP contribution in [-0.2, 0) is 4.79 Å². The molecule has 0 N–H and O–H groups in total. The Hall–Kier alpha value is -0.960. The van der Waals surface area contributed by atoms with Crippen LogP contribution in [0, 0.1) is 0 Å². The minimum Gasteiger partial charge on any atom is -0.339 e.